The normalized spacial score (nSPS) is 11.9. The van der Waals surface area contributed by atoms with Crippen LogP contribution in [0, 0.1) is 23.7 Å². The van der Waals surface area contributed by atoms with Crippen molar-refractivity contribution in [1.29, 1.82) is 0 Å². The van der Waals surface area contributed by atoms with E-state index in [1.54, 1.807) is 18.2 Å². The van der Waals surface area contributed by atoms with Crippen LogP contribution in [0.15, 0.2) is 40.8 Å². The molecule has 2 atom stereocenters. The van der Waals surface area contributed by atoms with E-state index in [0.29, 0.717) is 17.9 Å². The maximum Gasteiger partial charge on any atom is 0.268 e. The van der Waals surface area contributed by atoms with Crippen molar-refractivity contribution < 1.29 is 24.3 Å². The van der Waals surface area contributed by atoms with Crippen molar-refractivity contribution in [3.8, 4) is 23.7 Å². The Bertz CT molecular complexity index is 971. The zero-order chi connectivity index (χ0) is 21.2. The van der Waals surface area contributed by atoms with E-state index >= 15 is 0 Å². The summed E-state index contributed by atoms with van der Waals surface area (Å²) >= 11 is 0. The fraction of sp³-hybridized carbons (Fsp3) is 0.238. The fourth-order valence-corrected chi connectivity index (χ4v) is 2.31. The van der Waals surface area contributed by atoms with Crippen molar-refractivity contribution in [2.75, 3.05) is 7.05 Å². The van der Waals surface area contributed by atoms with Gasteiger partial charge >= 0.3 is 0 Å². The van der Waals surface area contributed by atoms with Gasteiger partial charge in [0.25, 0.3) is 11.8 Å². The molecule has 2 rings (SSSR count). The summed E-state index contributed by atoms with van der Waals surface area (Å²) in [5, 5.41) is 23.6. The first kappa shape index (κ1) is 21.7. The molecular weight excluding hydrogens is 374 g/mol. The lowest BCUT2D eigenvalue weighted by Crippen LogP contribution is -2.51. The molecule has 29 heavy (non-hydrogen) atoms. The van der Waals surface area contributed by atoms with Gasteiger partial charge in [-0.1, -0.05) is 5.92 Å². The number of benzene rings is 1. The van der Waals surface area contributed by atoms with Gasteiger partial charge in [-0.15, -0.1) is 0 Å². The number of aliphatic hydroxyl groups excluding tert-OH is 1. The first-order valence-corrected chi connectivity index (χ1v) is 8.73. The molecule has 0 aliphatic rings. The van der Waals surface area contributed by atoms with Gasteiger partial charge in [-0.3, -0.25) is 14.8 Å². The van der Waals surface area contributed by atoms with Gasteiger partial charge in [0, 0.05) is 11.1 Å². The van der Waals surface area contributed by atoms with Crippen LogP contribution in [-0.4, -0.2) is 41.3 Å². The predicted octanol–water partition coefficient (Wildman–Crippen LogP) is 0.387. The van der Waals surface area contributed by atoms with Gasteiger partial charge in [0.2, 0.25) is 0 Å². The molecule has 0 radical (unpaired) electrons. The minimum Gasteiger partial charge on any atom is -0.451 e. The van der Waals surface area contributed by atoms with E-state index in [-0.39, 0.29) is 5.56 Å². The average molecular weight is 395 g/mol. The van der Waals surface area contributed by atoms with Crippen LogP contribution in [0.25, 0.3) is 0 Å². The molecule has 1 aromatic heterocycles. The van der Waals surface area contributed by atoms with Gasteiger partial charge in [-0.2, -0.15) is 0 Å². The standard InChI is InChI=1S/C21H21N3O5/c1-14(25)19(21(27)24-28)23-20(26)16-9-7-15(8-10-16)5-3-4-6-17-11-12-18(29-17)13-22-2/h7-12,14,19,22,25,28H,13H2,1-2H3,(H,23,26)(H,24,27). The molecule has 0 bridgehead atoms. The molecule has 0 spiro atoms. The Kier molecular flexibility index (Phi) is 8.01. The molecule has 2 unspecified atom stereocenters. The van der Waals surface area contributed by atoms with Crippen LogP contribution in [0.5, 0.6) is 0 Å². The summed E-state index contributed by atoms with van der Waals surface area (Å²) in [5.41, 5.74) is 2.32. The summed E-state index contributed by atoms with van der Waals surface area (Å²) in [6.07, 6.45) is -1.18. The highest BCUT2D eigenvalue weighted by Crippen LogP contribution is 2.06. The zero-order valence-corrected chi connectivity index (χ0v) is 15.9. The third kappa shape index (κ3) is 6.52. The predicted molar refractivity (Wildman–Crippen MR) is 105 cm³/mol. The molecule has 0 fully saturated rings. The monoisotopic (exact) mass is 395 g/mol. The van der Waals surface area contributed by atoms with Gasteiger partial charge in [0.15, 0.2) is 5.76 Å². The van der Waals surface area contributed by atoms with Crippen molar-refractivity contribution in [3.63, 3.8) is 0 Å². The second-order valence-corrected chi connectivity index (χ2v) is 6.04. The number of carbonyl (C=O) groups is 2. The lowest BCUT2D eigenvalue weighted by atomic mass is 10.1. The first-order valence-electron chi connectivity index (χ1n) is 8.73. The van der Waals surface area contributed by atoms with E-state index in [2.05, 4.69) is 34.3 Å². The number of hydroxylamine groups is 1. The summed E-state index contributed by atoms with van der Waals surface area (Å²) in [6.45, 7) is 1.94. The minimum absolute atomic E-state index is 0.269. The molecule has 0 aliphatic carbocycles. The highest BCUT2D eigenvalue weighted by Gasteiger charge is 2.25. The van der Waals surface area contributed by atoms with E-state index in [4.69, 9.17) is 9.62 Å². The van der Waals surface area contributed by atoms with Crippen molar-refractivity contribution in [3.05, 3.63) is 59.0 Å². The molecule has 2 aromatic rings. The number of amides is 2. The Labute approximate surface area is 168 Å². The number of aliphatic hydroxyl groups is 1. The Morgan fingerprint density at radius 3 is 2.41 bits per heavy atom. The summed E-state index contributed by atoms with van der Waals surface area (Å²) in [4.78, 5) is 23.7. The van der Waals surface area contributed by atoms with Crippen LogP contribution < -0.4 is 16.1 Å². The Hall–Kier alpha value is -3.56. The van der Waals surface area contributed by atoms with Gasteiger partial charge in [-0.25, -0.2) is 5.48 Å². The topological polar surface area (TPSA) is 124 Å². The van der Waals surface area contributed by atoms with E-state index < -0.39 is 24.0 Å². The molecular formula is C21H21N3O5. The van der Waals surface area contributed by atoms with Gasteiger partial charge in [-0.05, 0) is 68.1 Å². The Morgan fingerprint density at radius 1 is 1.10 bits per heavy atom. The molecule has 5 N–H and O–H groups in total. The molecule has 1 aromatic carbocycles. The molecule has 0 aliphatic heterocycles. The third-order valence-electron chi connectivity index (χ3n) is 3.78. The number of carbonyl (C=O) groups excluding carboxylic acids is 2. The van der Waals surface area contributed by atoms with Crippen molar-refractivity contribution in [2.24, 2.45) is 0 Å². The maximum absolute atomic E-state index is 12.2. The summed E-state index contributed by atoms with van der Waals surface area (Å²) < 4.78 is 5.48. The van der Waals surface area contributed by atoms with Crippen LogP contribution in [0.2, 0.25) is 0 Å². The van der Waals surface area contributed by atoms with E-state index in [0.717, 1.165) is 5.76 Å². The van der Waals surface area contributed by atoms with Gasteiger partial charge < -0.3 is 20.2 Å². The van der Waals surface area contributed by atoms with Crippen LogP contribution in [0.1, 0.15) is 34.4 Å². The van der Waals surface area contributed by atoms with Gasteiger partial charge in [0.1, 0.15) is 11.8 Å². The molecule has 1 heterocycles. The summed E-state index contributed by atoms with van der Waals surface area (Å²) in [5.74, 6) is 10.9. The number of furan rings is 1. The second kappa shape index (κ2) is 10.7. The lowest BCUT2D eigenvalue weighted by Gasteiger charge is -2.19. The van der Waals surface area contributed by atoms with Crippen LogP contribution in [-0.2, 0) is 11.3 Å². The first-order chi connectivity index (χ1) is 13.9. The SMILES string of the molecule is CNCc1ccc(C#CC#Cc2ccc(C(=O)NC(C(=O)NO)C(C)O)cc2)o1. The molecule has 150 valence electrons. The number of hydrogen-bond donors (Lipinski definition) is 5. The average Bonchev–Trinajstić information content (AvgIpc) is 3.16. The second-order valence-electron chi connectivity index (χ2n) is 6.04. The molecule has 8 heteroatoms. The fourth-order valence-electron chi connectivity index (χ4n) is 2.31. The minimum atomic E-state index is -1.28. The molecule has 0 saturated carbocycles. The summed E-state index contributed by atoms with van der Waals surface area (Å²) in [6, 6.07) is 8.64. The maximum atomic E-state index is 12.2. The number of hydrogen-bond acceptors (Lipinski definition) is 6. The Balaban J connectivity index is 2.00. The zero-order valence-electron chi connectivity index (χ0n) is 15.9. The van der Waals surface area contributed by atoms with Crippen LogP contribution >= 0.6 is 0 Å². The molecule has 8 nitrogen and oxygen atoms in total. The quantitative estimate of drug-likeness (QED) is 0.274. The smallest absolute Gasteiger partial charge is 0.268 e. The summed E-state index contributed by atoms with van der Waals surface area (Å²) in [7, 11) is 1.82. The highest BCUT2D eigenvalue weighted by molar-refractivity contribution is 5.97. The van der Waals surface area contributed by atoms with E-state index in [9.17, 15) is 14.7 Å². The van der Waals surface area contributed by atoms with Crippen molar-refractivity contribution in [2.45, 2.75) is 25.6 Å². The van der Waals surface area contributed by atoms with Gasteiger partial charge in [0.05, 0.1) is 12.6 Å². The van der Waals surface area contributed by atoms with Crippen molar-refractivity contribution >= 4 is 11.8 Å². The third-order valence-corrected chi connectivity index (χ3v) is 3.78. The molecule has 2 amide bonds. The largest absolute Gasteiger partial charge is 0.451 e. The number of nitrogens with one attached hydrogen (secondary N) is 3. The highest BCUT2D eigenvalue weighted by atomic mass is 16.5. The lowest BCUT2D eigenvalue weighted by molar-refractivity contribution is -0.133. The van der Waals surface area contributed by atoms with Crippen LogP contribution in [0.4, 0.5) is 0 Å². The van der Waals surface area contributed by atoms with Crippen LogP contribution in [0.3, 0.4) is 0 Å². The van der Waals surface area contributed by atoms with E-state index in [1.165, 1.54) is 24.5 Å². The van der Waals surface area contributed by atoms with E-state index in [1.807, 2.05) is 13.1 Å². The molecule has 0 saturated heterocycles. The number of rotatable bonds is 6. The Morgan fingerprint density at radius 2 is 1.79 bits per heavy atom. The van der Waals surface area contributed by atoms with Crippen molar-refractivity contribution in [1.82, 2.24) is 16.1 Å².